The fraction of sp³-hybridized carbons (Fsp3) is 0.571. The van der Waals surface area contributed by atoms with Crippen LogP contribution < -0.4 is 5.32 Å². The molecule has 1 fully saturated rings. The molecule has 0 radical (unpaired) electrons. The number of methoxy groups -OCH3 is 1. The summed E-state index contributed by atoms with van der Waals surface area (Å²) in [6.45, 7) is 1.75. The molecule has 1 N–H and O–H groups in total. The Balaban J connectivity index is 1.89. The summed E-state index contributed by atoms with van der Waals surface area (Å²) in [5.41, 5.74) is 2.15. The topological polar surface area (TPSA) is 58.6 Å². The van der Waals surface area contributed by atoms with Crippen molar-refractivity contribution in [1.82, 2.24) is 4.31 Å². The summed E-state index contributed by atoms with van der Waals surface area (Å²) in [5.74, 6) is 0. The van der Waals surface area contributed by atoms with Crippen molar-refractivity contribution < 1.29 is 13.2 Å². The molecular weight excluding hydrogens is 276 g/mol. The number of nitrogens with zero attached hydrogens (tertiary/aromatic N) is 1. The molecule has 110 valence electrons. The molecule has 0 unspecified atom stereocenters. The minimum Gasteiger partial charge on any atom is -0.384 e. The van der Waals surface area contributed by atoms with Crippen molar-refractivity contribution in [2.45, 2.75) is 30.2 Å². The highest BCUT2D eigenvalue weighted by Gasteiger charge is 2.38. The molecule has 1 aromatic rings. The van der Waals surface area contributed by atoms with Gasteiger partial charge in [-0.2, -0.15) is 4.31 Å². The zero-order chi connectivity index (χ0) is 14.2. The number of nitrogens with one attached hydrogen (secondary N) is 1. The van der Waals surface area contributed by atoms with Crippen LogP contribution in [0.2, 0.25) is 0 Å². The summed E-state index contributed by atoms with van der Waals surface area (Å²) in [5, 5.41) is 3.25. The first-order valence-electron chi connectivity index (χ1n) is 7.00. The van der Waals surface area contributed by atoms with Gasteiger partial charge in [0.1, 0.15) is 0 Å². The zero-order valence-electron chi connectivity index (χ0n) is 11.6. The summed E-state index contributed by atoms with van der Waals surface area (Å²) in [7, 11) is -1.81. The van der Waals surface area contributed by atoms with E-state index in [0.29, 0.717) is 18.0 Å². The fourth-order valence-corrected chi connectivity index (χ4v) is 4.34. The number of anilines is 1. The molecule has 3 rings (SSSR count). The minimum atomic E-state index is -3.41. The van der Waals surface area contributed by atoms with Crippen LogP contribution in [0.5, 0.6) is 0 Å². The van der Waals surface area contributed by atoms with E-state index >= 15 is 0 Å². The summed E-state index contributed by atoms with van der Waals surface area (Å²) in [6.07, 6.45) is 2.80. The number of hydrogen-bond donors (Lipinski definition) is 1. The van der Waals surface area contributed by atoms with Crippen LogP contribution >= 0.6 is 0 Å². The quantitative estimate of drug-likeness (QED) is 0.863. The number of ether oxygens (including phenoxy) is 1. The molecular formula is C14H20N2O3S. The normalized spacial score (nSPS) is 18.1. The van der Waals surface area contributed by atoms with Gasteiger partial charge in [0.25, 0.3) is 0 Å². The van der Waals surface area contributed by atoms with Crippen molar-refractivity contribution >= 4 is 15.7 Å². The Hall–Kier alpha value is -1.11. The van der Waals surface area contributed by atoms with Crippen molar-refractivity contribution in [2.24, 2.45) is 0 Å². The van der Waals surface area contributed by atoms with Gasteiger partial charge < -0.3 is 10.1 Å². The lowest BCUT2D eigenvalue weighted by atomic mass is 10.2. The van der Waals surface area contributed by atoms with Crippen LogP contribution in [-0.2, 0) is 21.2 Å². The third kappa shape index (κ3) is 2.55. The van der Waals surface area contributed by atoms with E-state index in [1.54, 1.807) is 17.5 Å². The Morgan fingerprint density at radius 2 is 2.20 bits per heavy atom. The van der Waals surface area contributed by atoms with E-state index in [4.69, 9.17) is 4.74 Å². The average molecular weight is 296 g/mol. The van der Waals surface area contributed by atoms with Crippen LogP contribution in [0.25, 0.3) is 0 Å². The maximum atomic E-state index is 12.8. The van der Waals surface area contributed by atoms with E-state index in [-0.39, 0.29) is 6.04 Å². The smallest absolute Gasteiger partial charge is 0.243 e. The molecule has 20 heavy (non-hydrogen) atoms. The highest BCUT2D eigenvalue weighted by Crippen LogP contribution is 2.33. The number of hydrogen-bond acceptors (Lipinski definition) is 4. The molecule has 1 aliphatic heterocycles. The number of sulfonamides is 1. The van der Waals surface area contributed by atoms with Crippen molar-refractivity contribution in [3.8, 4) is 0 Å². The first kappa shape index (κ1) is 13.9. The van der Waals surface area contributed by atoms with E-state index in [9.17, 15) is 8.42 Å². The second-order valence-electron chi connectivity index (χ2n) is 5.34. The molecule has 0 amide bonds. The predicted octanol–water partition coefficient (Wildman–Crippen LogP) is 1.45. The molecule has 1 aromatic carbocycles. The highest BCUT2D eigenvalue weighted by molar-refractivity contribution is 7.89. The monoisotopic (exact) mass is 296 g/mol. The van der Waals surface area contributed by atoms with Crippen molar-refractivity contribution in [3.63, 3.8) is 0 Å². The fourth-order valence-electron chi connectivity index (χ4n) is 2.62. The second kappa shape index (κ2) is 5.35. The number of rotatable bonds is 6. The molecule has 0 bridgehead atoms. The Kier molecular flexibility index (Phi) is 3.70. The average Bonchev–Trinajstić information content (AvgIpc) is 3.15. The van der Waals surface area contributed by atoms with E-state index in [1.807, 2.05) is 12.1 Å². The van der Waals surface area contributed by atoms with Crippen molar-refractivity contribution in [3.05, 3.63) is 23.8 Å². The van der Waals surface area contributed by atoms with Crippen LogP contribution in [0.4, 0.5) is 5.69 Å². The van der Waals surface area contributed by atoms with Gasteiger partial charge in [0, 0.05) is 31.9 Å². The summed E-state index contributed by atoms with van der Waals surface area (Å²) in [6, 6.07) is 5.54. The maximum Gasteiger partial charge on any atom is 0.243 e. The molecule has 1 heterocycles. The molecule has 1 aliphatic carbocycles. The SMILES string of the molecule is COCCN(C1CC1)S(=O)(=O)c1ccc2c(c1)CCN2. The van der Waals surface area contributed by atoms with Gasteiger partial charge in [0.05, 0.1) is 11.5 Å². The van der Waals surface area contributed by atoms with Gasteiger partial charge in [-0.25, -0.2) is 8.42 Å². The molecule has 0 aromatic heterocycles. The largest absolute Gasteiger partial charge is 0.384 e. The lowest BCUT2D eigenvalue weighted by molar-refractivity contribution is 0.177. The first-order valence-corrected chi connectivity index (χ1v) is 8.44. The second-order valence-corrected chi connectivity index (χ2v) is 7.23. The number of benzene rings is 1. The van der Waals surface area contributed by atoms with Crippen LogP contribution in [0.3, 0.4) is 0 Å². The number of fused-ring (bicyclic) bond motifs is 1. The van der Waals surface area contributed by atoms with E-state index in [2.05, 4.69) is 5.32 Å². The van der Waals surface area contributed by atoms with Gasteiger partial charge in [-0.3, -0.25) is 0 Å². The zero-order valence-corrected chi connectivity index (χ0v) is 12.4. The lowest BCUT2D eigenvalue weighted by Crippen LogP contribution is -2.35. The van der Waals surface area contributed by atoms with Crippen LogP contribution in [0.15, 0.2) is 23.1 Å². The molecule has 6 heteroatoms. The Morgan fingerprint density at radius 3 is 2.90 bits per heavy atom. The van der Waals surface area contributed by atoms with E-state index in [1.165, 1.54) is 0 Å². The first-order chi connectivity index (χ1) is 9.63. The Bertz CT molecular complexity index is 596. The predicted molar refractivity (Wildman–Crippen MR) is 77.4 cm³/mol. The standard InChI is InChI=1S/C14H20N2O3S/c1-19-9-8-16(12-2-3-12)20(17,18)13-4-5-14-11(10-13)6-7-15-14/h4-5,10,12,15H,2-3,6-9H2,1H3. The van der Waals surface area contributed by atoms with E-state index in [0.717, 1.165) is 37.1 Å². The minimum absolute atomic E-state index is 0.154. The summed E-state index contributed by atoms with van der Waals surface area (Å²) < 4.78 is 32.2. The molecule has 1 saturated carbocycles. The van der Waals surface area contributed by atoms with Crippen molar-refractivity contribution in [1.29, 1.82) is 0 Å². The summed E-state index contributed by atoms with van der Waals surface area (Å²) >= 11 is 0. The van der Waals surface area contributed by atoms with Crippen LogP contribution in [0, 0.1) is 0 Å². The Morgan fingerprint density at radius 1 is 1.40 bits per heavy atom. The molecule has 0 saturated heterocycles. The van der Waals surface area contributed by atoms with Gasteiger partial charge in [-0.1, -0.05) is 0 Å². The van der Waals surface area contributed by atoms with E-state index < -0.39 is 10.0 Å². The Labute approximate surface area is 120 Å². The molecule has 0 spiro atoms. The molecule has 5 nitrogen and oxygen atoms in total. The lowest BCUT2D eigenvalue weighted by Gasteiger charge is -2.21. The van der Waals surface area contributed by atoms with Crippen molar-refractivity contribution in [2.75, 3.05) is 32.1 Å². The van der Waals surface area contributed by atoms with Gasteiger partial charge in [-0.15, -0.1) is 0 Å². The van der Waals surface area contributed by atoms with Crippen LogP contribution in [-0.4, -0.2) is 45.6 Å². The van der Waals surface area contributed by atoms with Gasteiger partial charge in [0.15, 0.2) is 0 Å². The maximum absolute atomic E-state index is 12.8. The third-order valence-electron chi connectivity index (χ3n) is 3.86. The summed E-state index contributed by atoms with van der Waals surface area (Å²) in [4.78, 5) is 0.406. The molecule has 0 atom stereocenters. The van der Waals surface area contributed by atoms with Crippen LogP contribution in [0.1, 0.15) is 18.4 Å². The van der Waals surface area contributed by atoms with Gasteiger partial charge in [-0.05, 0) is 43.0 Å². The van der Waals surface area contributed by atoms with Gasteiger partial charge in [0.2, 0.25) is 10.0 Å². The molecule has 2 aliphatic rings. The van der Waals surface area contributed by atoms with Gasteiger partial charge >= 0.3 is 0 Å². The third-order valence-corrected chi connectivity index (χ3v) is 5.81. The highest BCUT2D eigenvalue weighted by atomic mass is 32.2.